The van der Waals surface area contributed by atoms with Crippen molar-refractivity contribution < 1.29 is 4.79 Å². The van der Waals surface area contributed by atoms with Crippen LogP contribution in [0.1, 0.15) is 31.1 Å². The van der Waals surface area contributed by atoms with Crippen molar-refractivity contribution in [3.8, 4) is 0 Å². The highest BCUT2D eigenvalue weighted by Crippen LogP contribution is 1.97. The molecular formula is C12H18O. The average Bonchev–Trinajstić information content (AvgIpc) is 2.25. The Labute approximate surface area is 81.1 Å². The van der Waals surface area contributed by atoms with Crippen LogP contribution in [0.25, 0.3) is 0 Å². The predicted octanol–water partition coefficient (Wildman–Crippen LogP) is 3.72. The van der Waals surface area contributed by atoms with Crippen LogP contribution in [0.4, 0.5) is 0 Å². The molecule has 1 aromatic rings. The number of rotatable bonds is 1. The monoisotopic (exact) mass is 178 g/mol. The van der Waals surface area contributed by atoms with Gasteiger partial charge >= 0.3 is 0 Å². The van der Waals surface area contributed by atoms with Crippen molar-refractivity contribution in [3.63, 3.8) is 0 Å². The Balaban J connectivity index is 0. The molecule has 0 unspecified atom stereocenters. The fourth-order valence-electron chi connectivity index (χ4n) is 0.673. The Bertz CT molecular complexity index is 214. The lowest BCUT2D eigenvalue weighted by atomic mass is 10.2. The summed E-state index contributed by atoms with van der Waals surface area (Å²) in [5.41, 5.74) is 0.775. The lowest BCUT2D eigenvalue weighted by Crippen LogP contribution is -1.88. The minimum Gasteiger partial charge on any atom is -0.295 e. The van der Waals surface area contributed by atoms with E-state index in [1.54, 1.807) is 6.92 Å². The molecule has 1 aromatic carbocycles. The summed E-state index contributed by atoms with van der Waals surface area (Å²) >= 11 is 0. The van der Waals surface area contributed by atoms with Gasteiger partial charge in [0.05, 0.1) is 0 Å². The second-order valence-electron chi connectivity index (χ2n) is 1.92. The molecule has 0 spiro atoms. The van der Waals surface area contributed by atoms with Crippen LogP contribution in [0.3, 0.4) is 0 Å². The van der Waals surface area contributed by atoms with Crippen molar-refractivity contribution in [1.82, 2.24) is 0 Å². The summed E-state index contributed by atoms with van der Waals surface area (Å²) in [4.78, 5) is 10.6. The zero-order chi connectivity index (χ0) is 10.7. The van der Waals surface area contributed by atoms with Gasteiger partial charge in [0.2, 0.25) is 0 Å². The number of carbonyl (C=O) groups excluding carboxylic acids is 1. The first kappa shape index (κ1) is 14.2. The van der Waals surface area contributed by atoms with Gasteiger partial charge in [-0.1, -0.05) is 44.2 Å². The van der Waals surface area contributed by atoms with E-state index in [2.05, 4.69) is 13.2 Å². The molecule has 0 saturated heterocycles. The normalized spacial score (nSPS) is 7.00. The third kappa shape index (κ3) is 7.01. The average molecular weight is 178 g/mol. The summed E-state index contributed by atoms with van der Waals surface area (Å²) in [6.45, 7) is 11.6. The summed E-state index contributed by atoms with van der Waals surface area (Å²) in [7, 11) is 0. The molecule has 0 aliphatic rings. The molecule has 0 aromatic heterocycles. The number of hydrogen-bond acceptors (Lipinski definition) is 1. The summed E-state index contributed by atoms with van der Waals surface area (Å²) in [6, 6.07) is 9.23. The van der Waals surface area contributed by atoms with Gasteiger partial charge in [-0.25, -0.2) is 0 Å². The molecule has 0 amide bonds. The maximum atomic E-state index is 10.6. The maximum absolute atomic E-state index is 10.6. The smallest absolute Gasteiger partial charge is 0.159 e. The van der Waals surface area contributed by atoms with Crippen LogP contribution in [-0.4, -0.2) is 5.78 Å². The highest BCUT2D eigenvalue weighted by atomic mass is 16.1. The Morgan fingerprint density at radius 1 is 1.08 bits per heavy atom. The van der Waals surface area contributed by atoms with E-state index in [0.717, 1.165) is 5.56 Å². The van der Waals surface area contributed by atoms with Gasteiger partial charge in [0.1, 0.15) is 0 Å². The molecule has 13 heavy (non-hydrogen) atoms. The van der Waals surface area contributed by atoms with Crippen LogP contribution in [0.5, 0.6) is 0 Å². The van der Waals surface area contributed by atoms with Gasteiger partial charge in [-0.15, -0.1) is 13.2 Å². The van der Waals surface area contributed by atoms with E-state index in [9.17, 15) is 4.79 Å². The second kappa shape index (κ2) is 10.6. The van der Waals surface area contributed by atoms with Gasteiger partial charge in [-0.3, -0.25) is 4.79 Å². The van der Waals surface area contributed by atoms with Gasteiger partial charge in [-0.05, 0) is 6.92 Å². The molecule has 0 aliphatic heterocycles. The van der Waals surface area contributed by atoms with Crippen LogP contribution in [0, 0.1) is 0 Å². The lowest BCUT2D eigenvalue weighted by molar-refractivity contribution is 0.101. The highest BCUT2D eigenvalue weighted by Gasteiger charge is 1.92. The van der Waals surface area contributed by atoms with Crippen molar-refractivity contribution in [2.24, 2.45) is 0 Å². The SMILES string of the molecule is C=C.CC.CC(=O)c1ccccc1. The van der Waals surface area contributed by atoms with Gasteiger partial charge in [0, 0.05) is 5.56 Å². The molecule has 0 heterocycles. The Kier molecular flexibility index (Phi) is 11.6. The van der Waals surface area contributed by atoms with Crippen LogP contribution >= 0.6 is 0 Å². The minimum absolute atomic E-state index is 0.121. The van der Waals surface area contributed by atoms with Crippen molar-refractivity contribution >= 4 is 5.78 Å². The van der Waals surface area contributed by atoms with E-state index in [0.29, 0.717) is 0 Å². The van der Waals surface area contributed by atoms with Gasteiger partial charge in [-0.2, -0.15) is 0 Å². The van der Waals surface area contributed by atoms with Gasteiger partial charge < -0.3 is 0 Å². The van der Waals surface area contributed by atoms with Crippen LogP contribution in [0.15, 0.2) is 43.5 Å². The fraction of sp³-hybridized carbons (Fsp3) is 0.250. The topological polar surface area (TPSA) is 17.1 Å². The zero-order valence-electron chi connectivity index (χ0n) is 8.71. The van der Waals surface area contributed by atoms with E-state index in [1.807, 2.05) is 44.2 Å². The molecule has 1 nitrogen and oxygen atoms in total. The van der Waals surface area contributed by atoms with Crippen LogP contribution < -0.4 is 0 Å². The van der Waals surface area contributed by atoms with E-state index in [-0.39, 0.29) is 5.78 Å². The Hall–Kier alpha value is -1.37. The van der Waals surface area contributed by atoms with Crippen LogP contribution in [-0.2, 0) is 0 Å². The minimum atomic E-state index is 0.121. The summed E-state index contributed by atoms with van der Waals surface area (Å²) < 4.78 is 0. The number of hydrogen-bond donors (Lipinski definition) is 0. The van der Waals surface area contributed by atoms with E-state index >= 15 is 0 Å². The summed E-state index contributed by atoms with van der Waals surface area (Å²) in [6.07, 6.45) is 0. The second-order valence-corrected chi connectivity index (χ2v) is 1.92. The summed E-state index contributed by atoms with van der Waals surface area (Å²) in [5, 5.41) is 0. The molecule has 0 fully saturated rings. The first-order valence-corrected chi connectivity index (χ1v) is 4.36. The number of carbonyl (C=O) groups is 1. The molecule has 0 atom stereocenters. The lowest BCUT2D eigenvalue weighted by Gasteiger charge is -1.89. The van der Waals surface area contributed by atoms with Crippen molar-refractivity contribution in [1.29, 1.82) is 0 Å². The molecule has 1 heteroatoms. The first-order valence-electron chi connectivity index (χ1n) is 4.36. The first-order chi connectivity index (χ1) is 6.30. The standard InChI is InChI=1S/C8H8O.C2H6.C2H4/c1-7(9)8-5-3-2-4-6-8;2*1-2/h2-6H,1H3;1-2H3;1-2H2. The van der Waals surface area contributed by atoms with E-state index in [4.69, 9.17) is 0 Å². The fourth-order valence-corrected chi connectivity index (χ4v) is 0.673. The molecule has 72 valence electrons. The number of Topliss-reactive ketones (excluding diaryl/α,β-unsaturated/α-hetero) is 1. The third-order valence-electron chi connectivity index (χ3n) is 1.18. The van der Waals surface area contributed by atoms with E-state index in [1.165, 1.54) is 0 Å². The molecule has 0 aliphatic carbocycles. The molecule has 0 N–H and O–H groups in total. The predicted molar refractivity (Wildman–Crippen MR) is 59.0 cm³/mol. The quantitative estimate of drug-likeness (QED) is 0.473. The van der Waals surface area contributed by atoms with Gasteiger partial charge in [0.15, 0.2) is 5.78 Å². The Morgan fingerprint density at radius 3 is 1.69 bits per heavy atom. The Morgan fingerprint density at radius 2 is 1.46 bits per heavy atom. The van der Waals surface area contributed by atoms with Crippen molar-refractivity contribution in [3.05, 3.63) is 49.1 Å². The third-order valence-corrected chi connectivity index (χ3v) is 1.18. The van der Waals surface area contributed by atoms with Gasteiger partial charge in [0.25, 0.3) is 0 Å². The molecule has 0 radical (unpaired) electrons. The van der Waals surface area contributed by atoms with Crippen molar-refractivity contribution in [2.75, 3.05) is 0 Å². The largest absolute Gasteiger partial charge is 0.295 e. The van der Waals surface area contributed by atoms with Crippen LogP contribution in [0.2, 0.25) is 0 Å². The molecule has 0 bridgehead atoms. The summed E-state index contributed by atoms with van der Waals surface area (Å²) in [5.74, 6) is 0.121. The zero-order valence-corrected chi connectivity index (χ0v) is 8.71. The number of ketones is 1. The highest BCUT2D eigenvalue weighted by molar-refractivity contribution is 5.93. The maximum Gasteiger partial charge on any atom is 0.159 e. The molecule has 0 saturated carbocycles. The van der Waals surface area contributed by atoms with Crippen molar-refractivity contribution in [2.45, 2.75) is 20.8 Å². The number of benzene rings is 1. The molecular weight excluding hydrogens is 160 g/mol. The molecule has 1 rings (SSSR count). The van der Waals surface area contributed by atoms with E-state index < -0.39 is 0 Å².